The number of hydrogen-bond donors (Lipinski definition) is 1. The van der Waals surface area contributed by atoms with E-state index in [0.29, 0.717) is 18.9 Å². The number of imidazole rings is 1. The third kappa shape index (κ3) is 3.47. The van der Waals surface area contributed by atoms with Gasteiger partial charge < -0.3 is 4.74 Å². The molecule has 3 rings (SSSR count). The van der Waals surface area contributed by atoms with Crippen molar-refractivity contribution in [2.75, 3.05) is 13.2 Å². The van der Waals surface area contributed by atoms with Crippen LogP contribution in [0.15, 0.2) is 30.5 Å². The second kappa shape index (κ2) is 6.73. The van der Waals surface area contributed by atoms with Gasteiger partial charge in [-0.3, -0.25) is 4.79 Å². The van der Waals surface area contributed by atoms with Crippen LogP contribution in [-0.4, -0.2) is 39.9 Å². The molecule has 0 bridgehead atoms. The lowest BCUT2D eigenvalue weighted by atomic mass is 9.99. The minimum atomic E-state index is -0.269. The highest BCUT2D eigenvalue weighted by atomic mass is 19.1. The van der Waals surface area contributed by atoms with Crippen molar-refractivity contribution in [3.05, 3.63) is 36.3 Å². The molecule has 0 saturated carbocycles. The van der Waals surface area contributed by atoms with Crippen LogP contribution in [0.25, 0.3) is 11.4 Å². The second-order valence-corrected chi connectivity index (χ2v) is 5.47. The number of benzene rings is 1. The number of nitrogens with one attached hydrogen (secondary N) is 1. The third-order valence-corrected chi connectivity index (χ3v) is 3.94. The normalized spacial score (nSPS) is 17.7. The van der Waals surface area contributed by atoms with E-state index in [1.165, 1.54) is 12.1 Å². The zero-order valence-electron chi connectivity index (χ0n) is 13.0. The molecule has 0 amide bonds. The van der Waals surface area contributed by atoms with E-state index in [1.54, 1.807) is 18.3 Å². The molecule has 6 heteroatoms. The van der Waals surface area contributed by atoms with Crippen molar-refractivity contribution in [1.29, 1.82) is 0 Å². The van der Waals surface area contributed by atoms with Crippen molar-refractivity contribution in [3.8, 4) is 11.4 Å². The first-order valence-electron chi connectivity index (χ1n) is 7.75. The van der Waals surface area contributed by atoms with Crippen molar-refractivity contribution < 1.29 is 18.5 Å². The Balaban J connectivity index is 1.71. The highest BCUT2D eigenvalue weighted by molar-refractivity contribution is 5.76. The zero-order chi connectivity index (χ0) is 16.2. The minimum absolute atomic E-state index is 0.0642. The van der Waals surface area contributed by atoms with Gasteiger partial charge in [0.1, 0.15) is 12.0 Å². The van der Waals surface area contributed by atoms with E-state index in [2.05, 4.69) is 14.5 Å². The summed E-state index contributed by atoms with van der Waals surface area (Å²) in [6.07, 6.45) is 5.15. The molecule has 0 aliphatic carbocycles. The van der Waals surface area contributed by atoms with E-state index in [1.807, 2.05) is 13.1 Å². The third-order valence-electron chi connectivity index (χ3n) is 3.94. The summed E-state index contributed by atoms with van der Waals surface area (Å²) in [5.41, 5.74) is 0.832. The van der Waals surface area contributed by atoms with Gasteiger partial charge in [-0.25, -0.2) is 18.9 Å². The van der Waals surface area contributed by atoms with Crippen molar-refractivity contribution >= 4 is 18.0 Å². The van der Waals surface area contributed by atoms with Gasteiger partial charge in [-0.05, 0) is 37.6 Å². The van der Waals surface area contributed by atoms with Crippen LogP contribution in [0.1, 0.15) is 19.8 Å². The van der Waals surface area contributed by atoms with Gasteiger partial charge in [-0.15, -0.1) is 0 Å². The Kier molecular flexibility index (Phi) is 4.50. The molecule has 0 saturated heterocycles. The number of carbonyl (C=O) groups is 1. The molecule has 0 spiro atoms. The lowest BCUT2D eigenvalue weighted by molar-refractivity contribution is -0.447. The van der Waals surface area contributed by atoms with Crippen LogP contribution < -0.4 is 0 Å². The monoisotopic (exact) mass is 316 g/mol. The molecule has 1 aromatic carbocycles. The Morgan fingerprint density at radius 1 is 1.43 bits per heavy atom. The molecule has 23 heavy (non-hydrogen) atoms. The highest BCUT2D eigenvalue weighted by Gasteiger charge is 2.26. The van der Waals surface area contributed by atoms with Gasteiger partial charge in [-0.1, -0.05) is 0 Å². The number of esters is 1. The molecule has 5 nitrogen and oxygen atoms in total. The number of rotatable bonds is 4. The summed E-state index contributed by atoms with van der Waals surface area (Å²) < 4.78 is 20.1. The minimum Gasteiger partial charge on any atom is -0.466 e. The molecule has 1 aliphatic rings. The van der Waals surface area contributed by atoms with Crippen molar-refractivity contribution in [3.63, 3.8) is 0 Å². The average Bonchev–Trinajstić information content (AvgIpc) is 3.06. The van der Waals surface area contributed by atoms with Gasteiger partial charge >= 0.3 is 5.97 Å². The van der Waals surface area contributed by atoms with Crippen LogP contribution in [0.5, 0.6) is 0 Å². The van der Waals surface area contributed by atoms with E-state index in [0.717, 1.165) is 24.3 Å². The van der Waals surface area contributed by atoms with Crippen LogP contribution in [0, 0.1) is 11.7 Å². The van der Waals surface area contributed by atoms with E-state index in [4.69, 9.17) is 4.74 Å². The SMILES string of the molecule is CCOC(=O)C1CC=[N+](c2cnc(-c3ccc(F)cc3)[nH]2)CC1. The second-order valence-electron chi connectivity index (χ2n) is 5.47. The predicted octanol–water partition coefficient (Wildman–Crippen LogP) is 2.90. The molecule has 1 atom stereocenters. The van der Waals surface area contributed by atoms with Gasteiger partial charge in [0, 0.05) is 12.0 Å². The number of ether oxygens (including phenoxy) is 1. The van der Waals surface area contributed by atoms with Gasteiger partial charge in [0.25, 0.3) is 5.82 Å². The molecule has 1 aromatic heterocycles. The van der Waals surface area contributed by atoms with Crippen LogP contribution in [-0.2, 0) is 9.53 Å². The fourth-order valence-electron chi connectivity index (χ4n) is 2.66. The number of aromatic nitrogens is 2. The average molecular weight is 316 g/mol. The van der Waals surface area contributed by atoms with Crippen LogP contribution in [0.2, 0.25) is 0 Å². The van der Waals surface area contributed by atoms with Gasteiger partial charge in [-0.2, -0.15) is 0 Å². The Bertz CT molecular complexity index is 722. The predicted molar refractivity (Wildman–Crippen MR) is 84.2 cm³/mol. The molecule has 1 aliphatic heterocycles. The number of carbonyl (C=O) groups excluding carboxylic acids is 1. The number of halogens is 1. The first-order valence-corrected chi connectivity index (χ1v) is 7.75. The lowest BCUT2D eigenvalue weighted by Crippen LogP contribution is -2.27. The molecular formula is C17H19FN3O2+. The summed E-state index contributed by atoms with van der Waals surface area (Å²) in [7, 11) is 0. The van der Waals surface area contributed by atoms with Crippen LogP contribution >= 0.6 is 0 Å². The summed E-state index contributed by atoms with van der Waals surface area (Å²) in [5.74, 6) is 1.10. The Morgan fingerprint density at radius 3 is 2.87 bits per heavy atom. The van der Waals surface area contributed by atoms with Crippen molar-refractivity contribution in [2.24, 2.45) is 5.92 Å². The maximum absolute atomic E-state index is 13.0. The Hall–Kier alpha value is -2.50. The number of aromatic amines is 1. The van der Waals surface area contributed by atoms with Crippen LogP contribution in [0.4, 0.5) is 10.2 Å². The molecule has 1 N–H and O–H groups in total. The summed E-state index contributed by atoms with van der Waals surface area (Å²) >= 11 is 0. The number of hydrogen-bond acceptors (Lipinski definition) is 3. The van der Waals surface area contributed by atoms with Gasteiger partial charge in [0.15, 0.2) is 0 Å². The maximum Gasteiger partial charge on any atom is 0.309 e. The summed E-state index contributed by atoms with van der Waals surface area (Å²) in [6.45, 7) is 2.97. The van der Waals surface area contributed by atoms with Gasteiger partial charge in [0.05, 0.1) is 25.3 Å². The number of nitrogens with zero attached hydrogens (tertiary/aromatic N) is 2. The molecule has 0 radical (unpaired) electrons. The fourth-order valence-corrected chi connectivity index (χ4v) is 2.66. The lowest BCUT2D eigenvalue weighted by Gasteiger charge is -2.17. The maximum atomic E-state index is 13.0. The van der Waals surface area contributed by atoms with E-state index < -0.39 is 0 Å². The first-order chi connectivity index (χ1) is 11.2. The highest BCUT2D eigenvalue weighted by Crippen LogP contribution is 2.22. The quantitative estimate of drug-likeness (QED) is 0.697. The summed E-state index contributed by atoms with van der Waals surface area (Å²) in [4.78, 5) is 19.3. The van der Waals surface area contributed by atoms with E-state index in [-0.39, 0.29) is 17.7 Å². The summed E-state index contributed by atoms with van der Waals surface area (Å²) in [5, 5.41) is 0. The molecular weight excluding hydrogens is 297 g/mol. The summed E-state index contributed by atoms with van der Waals surface area (Å²) in [6, 6.07) is 6.20. The van der Waals surface area contributed by atoms with E-state index >= 15 is 0 Å². The van der Waals surface area contributed by atoms with Gasteiger partial charge in [0.2, 0.25) is 5.82 Å². The van der Waals surface area contributed by atoms with Crippen LogP contribution in [0.3, 0.4) is 0 Å². The topological polar surface area (TPSA) is 58.0 Å². The Morgan fingerprint density at radius 2 is 2.22 bits per heavy atom. The smallest absolute Gasteiger partial charge is 0.309 e. The Labute approximate surface area is 133 Å². The molecule has 120 valence electrons. The molecule has 1 unspecified atom stereocenters. The molecule has 0 fully saturated rings. The molecule has 2 heterocycles. The fraction of sp³-hybridized carbons (Fsp3) is 0.353. The van der Waals surface area contributed by atoms with Crippen molar-refractivity contribution in [1.82, 2.24) is 9.97 Å². The standard InChI is InChI=1S/C17H19FN3O2/c1-2-23-17(22)13-7-9-21(10-8-13)15-11-19-16(20-15)12-3-5-14(18)6-4-12/h3-6,9,11,13H,2,7-8,10H2,1H3,(H,19,20)/q+1. The largest absolute Gasteiger partial charge is 0.466 e. The van der Waals surface area contributed by atoms with E-state index in [9.17, 15) is 9.18 Å². The van der Waals surface area contributed by atoms with Crippen molar-refractivity contribution in [2.45, 2.75) is 19.8 Å². The molecule has 2 aromatic rings. The number of H-pyrrole nitrogens is 1. The zero-order valence-corrected chi connectivity index (χ0v) is 13.0. The first kappa shape index (κ1) is 15.4.